The van der Waals surface area contributed by atoms with E-state index in [1.807, 2.05) is 54.6 Å². The highest BCUT2D eigenvalue weighted by Crippen LogP contribution is 2.31. The van der Waals surface area contributed by atoms with Crippen molar-refractivity contribution in [2.45, 2.75) is 6.54 Å². The molecule has 31 heavy (non-hydrogen) atoms. The number of aromatic amines is 1. The van der Waals surface area contributed by atoms with Crippen molar-refractivity contribution >= 4 is 27.9 Å². The summed E-state index contributed by atoms with van der Waals surface area (Å²) in [6, 6.07) is 17.3. The molecule has 0 aliphatic heterocycles. The normalized spacial score (nSPS) is 11.4. The highest BCUT2D eigenvalue weighted by Gasteiger charge is 2.22. The molecule has 0 atom stereocenters. The highest BCUT2D eigenvalue weighted by molar-refractivity contribution is 6.13. The Kier molecular flexibility index (Phi) is 4.21. The molecule has 8 heteroatoms. The van der Waals surface area contributed by atoms with Gasteiger partial charge in [0.15, 0.2) is 16.9 Å². The SMILES string of the molecule is Cn1c(=O)c2c(ncn2CC(=O)c2c(-c3ccccc3)[nH]c3ccccc23)n(C)c1=O. The van der Waals surface area contributed by atoms with Gasteiger partial charge >= 0.3 is 5.69 Å². The Labute approximate surface area is 176 Å². The molecular weight excluding hydrogens is 394 g/mol. The van der Waals surface area contributed by atoms with E-state index in [1.165, 1.54) is 22.5 Å². The molecule has 3 heterocycles. The van der Waals surface area contributed by atoms with Gasteiger partial charge in [-0.2, -0.15) is 0 Å². The fourth-order valence-corrected chi connectivity index (χ4v) is 4.00. The fourth-order valence-electron chi connectivity index (χ4n) is 4.00. The molecule has 0 unspecified atom stereocenters. The third-order valence-corrected chi connectivity index (χ3v) is 5.58. The third kappa shape index (κ3) is 2.83. The zero-order valence-corrected chi connectivity index (χ0v) is 17.0. The average molecular weight is 413 g/mol. The van der Waals surface area contributed by atoms with Crippen molar-refractivity contribution in [2.75, 3.05) is 0 Å². The summed E-state index contributed by atoms with van der Waals surface area (Å²) in [5.74, 6) is -0.161. The van der Waals surface area contributed by atoms with Crippen molar-refractivity contribution in [2.24, 2.45) is 14.1 Å². The molecule has 5 rings (SSSR count). The number of carbonyl (C=O) groups is 1. The van der Waals surface area contributed by atoms with Crippen molar-refractivity contribution in [1.29, 1.82) is 0 Å². The van der Waals surface area contributed by atoms with Crippen LogP contribution >= 0.6 is 0 Å². The second-order valence-corrected chi connectivity index (χ2v) is 7.46. The zero-order chi connectivity index (χ0) is 21.7. The number of imidazole rings is 1. The van der Waals surface area contributed by atoms with Gasteiger partial charge in [0.2, 0.25) is 0 Å². The Morgan fingerprint density at radius 2 is 1.68 bits per heavy atom. The molecule has 2 aromatic carbocycles. The van der Waals surface area contributed by atoms with Gasteiger partial charge in [-0.15, -0.1) is 0 Å². The summed E-state index contributed by atoms with van der Waals surface area (Å²) >= 11 is 0. The van der Waals surface area contributed by atoms with E-state index in [0.29, 0.717) is 5.56 Å². The second kappa shape index (κ2) is 6.94. The van der Waals surface area contributed by atoms with Crippen LogP contribution in [0.1, 0.15) is 10.4 Å². The van der Waals surface area contributed by atoms with Gasteiger partial charge in [-0.1, -0.05) is 48.5 Å². The fraction of sp³-hybridized carbons (Fsp3) is 0.130. The van der Waals surface area contributed by atoms with Crippen LogP contribution in [-0.4, -0.2) is 29.5 Å². The van der Waals surface area contributed by atoms with E-state index in [2.05, 4.69) is 9.97 Å². The minimum Gasteiger partial charge on any atom is -0.354 e. The van der Waals surface area contributed by atoms with Gasteiger partial charge in [-0.05, 0) is 11.6 Å². The molecule has 154 valence electrons. The van der Waals surface area contributed by atoms with Crippen LogP contribution in [0.2, 0.25) is 0 Å². The number of hydrogen-bond acceptors (Lipinski definition) is 4. The molecule has 0 aliphatic rings. The Bertz CT molecular complexity index is 1590. The predicted octanol–water partition coefficient (Wildman–Crippen LogP) is 2.46. The largest absolute Gasteiger partial charge is 0.354 e. The molecular formula is C23H19N5O3. The lowest BCUT2D eigenvalue weighted by atomic mass is 10.0. The number of carbonyl (C=O) groups excluding carboxylic acids is 1. The van der Waals surface area contributed by atoms with Crippen molar-refractivity contribution in [3.63, 3.8) is 0 Å². The van der Waals surface area contributed by atoms with E-state index in [4.69, 9.17) is 0 Å². The molecule has 5 aromatic rings. The average Bonchev–Trinajstić information content (AvgIpc) is 3.38. The van der Waals surface area contributed by atoms with Gasteiger partial charge in [0.25, 0.3) is 5.56 Å². The Hall–Kier alpha value is -4.20. The third-order valence-electron chi connectivity index (χ3n) is 5.58. The number of nitrogens with one attached hydrogen (secondary N) is 1. The van der Waals surface area contributed by atoms with Crippen LogP contribution in [-0.2, 0) is 20.6 Å². The standard InChI is InChI=1S/C23H19N5O3/c1-26-21-20(22(30)27(2)23(26)31)28(13-24-21)12-17(29)18-15-10-6-7-11-16(15)25-19(18)14-8-4-3-5-9-14/h3-11,13,25H,12H2,1-2H3. The molecule has 3 aromatic heterocycles. The number of H-pyrrole nitrogens is 1. The molecule has 0 saturated heterocycles. The van der Waals surface area contributed by atoms with Gasteiger partial charge < -0.3 is 9.55 Å². The number of benzene rings is 2. The van der Waals surface area contributed by atoms with Crippen LogP contribution in [0.15, 0.2) is 70.5 Å². The Morgan fingerprint density at radius 3 is 2.45 bits per heavy atom. The lowest BCUT2D eigenvalue weighted by Gasteiger charge is -2.08. The first-order chi connectivity index (χ1) is 15.0. The van der Waals surface area contributed by atoms with Crippen LogP contribution in [0, 0.1) is 0 Å². The van der Waals surface area contributed by atoms with E-state index in [9.17, 15) is 14.4 Å². The first-order valence-electron chi connectivity index (χ1n) is 9.77. The quantitative estimate of drug-likeness (QED) is 0.458. The number of para-hydroxylation sites is 1. The van der Waals surface area contributed by atoms with Crippen LogP contribution < -0.4 is 11.2 Å². The number of Topliss-reactive ketones (excluding diaryl/α,β-unsaturated/α-hetero) is 1. The zero-order valence-electron chi connectivity index (χ0n) is 17.0. The number of ketones is 1. The molecule has 8 nitrogen and oxygen atoms in total. The number of aromatic nitrogens is 5. The molecule has 0 spiro atoms. The second-order valence-electron chi connectivity index (χ2n) is 7.46. The molecule has 0 radical (unpaired) electrons. The summed E-state index contributed by atoms with van der Waals surface area (Å²) in [5, 5.41) is 0.816. The maximum absolute atomic E-state index is 13.5. The number of aryl methyl sites for hydroxylation is 1. The number of hydrogen-bond donors (Lipinski definition) is 1. The molecule has 0 saturated carbocycles. The number of rotatable bonds is 4. The molecule has 0 fully saturated rings. The lowest BCUT2D eigenvalue weighted by molar-refractivity contribution is 0.0975. The first-order valence-corrected chi connectivity index (χ1v) is 9.77. The summed E-state index contributed by atoms with van der Waals surface area (Å²) < 4.78 is 3.83. The summed E-state index contributed by atoms with van der Waals surface area (Å²) in [5.41, 5.74) is 2.58. The van der Waals surface area contributed by atoms with Gasteiger partial charge in [-0.25, -0.2) is 9.78 Å². The van der Waals surface area contributed by atoms with Crippen LogP contribution in [0.25, 0.3) is 33.3 Å². The molecule has 0 amide bonds. The van der Waals surface area contributed by atoms with Gasteiger partial charge in [0.1, 0.15) is 0 Å². The first kappa shape index (κ1) is 18.8. The molecule has 0 bridgehead atoms. The monoisotopic (exact) mass is 413 g/mol. The van der Waals surface area contributed by atoms with Gasteiger partial charge in [-0.3, -0.25) is 18.7 Å². The summed E-state index contributed by atoms with van der Waals surface area (Å²) in [4.78, 5) is 46.0. The van der Waals surface area contributed by atoms with E-state index in [0.717, 1.165) is 26.7 Å². The van der Waals surface area contributed by atoms with Crippen molar-refractivity contribution in [1.82, 2.24) is 23.7 Å². The van der Waals surface area contributed by atoms with Crippen LogP contribution in [0.4, 0.5) is 0 Å². The number of fused-ring (bicyclic) bond motifs is 2. The molecule has 0 aliphatic carbocycles. The van der Waals surface area contributed by atoms with Crippen molar-refractivity contribution in [3.8, 4) is 11.3 Å². The lowest BCUT2D eigenvalue weighted by Crippen LogP contribution is -2.37. The Morgan fingerprint density at radius 1 is 0.968 bits per heavy atom. The summed E-state index contributed by atoms with van der Waals surface area (Å²) in [6.45, 7) is -0.0778. The van der Waals surface area contributed by atoms with Crippen LogP contribution in [0.3, 0.4) is 0 Å². The minimum absolute atomic E-state index is 0.0778. The van der Waals surface area contributed by atoms with E-state index in [1.54, 1.807) is 7.05 Å². The number of nitrogens with zero attached hydrogens (tertiary/aromatic N) is 4. The van der Waals surface area contributed by atoms with Gasteiger partial charge in [0, 0.05) is 25.0 Å². The van der Waals surface area contributed by atoms with E-state index < -0.39 is 11.2 Å². The minimum atomic E-state index is -0.481. The van der Waals surface area contributed by atoms with E-state index in [-0.39, 0.29) is 23.5 Å². The topological polar surface area (TPSA) is 94.7 Å². The van der Waals surface area contributed by atoms with Crippen molar-refractivity contribution < 1.29 is 4.79 Å². The smallest absolute Gasteiger partial charge is 0.332 e. The predicted molar refractivity (Wildman–Crippen MR) is 118 cm³/mol. The maximum Gasteiger partial charge on any atom is 0.332 e. The summed E-state index contributed by atoms with van der Waals surface area (Å²) in [6.07, 6.45) is 1.43. The van der Waals surface area contributed by atoms with Gasteiger partial charge in [0.05, 0.1) is 24.1 Å². The van der Waals surface area contributed by atoms with E-state index >= 15 is 0 Å². The molecule has 1 N–H and O–H groups in total. The highest BCUT2D eigenvalue weighted by atomic mass is 16.2. The Balaban J connectivity index is 1.68. The van der Waals surface area contributed by atoms with Crippen molar-refractivity contribution in [3.05, 3.63) is 87.3 Å². The maximum atomic E-state index is 13.5. The summed E-state index contributed by atoms with van der Waals surface area (Å²) in [7, 11) is 2.97. The van der Waals surface area contributed by atoms with Crippen LogP contribution in [0.5, 0.6) is 0 Å².